The monoisotopic (exact) mass is 232 g/mol. The largest absolute Gasteiger partial charge is 0.370 e. The van der Waals surface area contributed by atoms with Crippen LogP contribution in [0.1, 0.15) is 27.2 Å². The molecule has 1 aliphatic rings. The smallest absolute Gasteiger partial charge is 0.0366 e. The first-order chi connectivity index (χ1) is 8.07. The van der Waals surface area contributed by atoms with E-state index < -0.39 is 0 Å². The molecule has 0 atom stereocenters. The van der Waals surface area contributed by atoms with Gasteiger partial charge in [0.1, 0.15) is 0 Å². The normalized spacial score (nSPS) is 19.1. The minimum Gasteiger partial charge on any atom is -0.370 e. The van der Waals surface area contributed by atoms with Crippen LogP contribution >= 0.6 is 0 Å². The van der Waals surface area contributed by atoms with Gasteiger partial charge in [-0.3, -0.25) is 4.90 Å². The SMILES string of the molecule is CC(C)(C)N1CCCN(c2ccccc2)CC1. The maximum absolute atomic E-state index is 2.59. The molecule has 0 aliphatic carbocycles. The van der Waals surface area contributed by atoms with Gasteiger partial charge < -0.3 is 4.90 Å². The lowest BCUT2D eigenvalue weighted by molar-refractivity contribution is 0.148. The highest BCUT2D eigenvalue weighted by atomic mass is 15.2. The average Bonchev–Trinajstić information content (AvgIpc) is 2.55. The Labute approximate surface area is 105 Å². The van der Waals surface area contributed by atoms with Gasteiger partial charge in [0.05, 0.1) is 0 Å². The van der Waals surface area contributed by atoms with Crippen LogP contribution in [0.15, 0.2) is 30.3 Å². The van der Waals surface area contributed by atoms with E-state index in [0.29, 0.717) is 5.54 Å². The third kappa shape index (κ3) is 3.22. The summed E-state index contributed by atoms with van der Waals surface area (Å²) >= 11 is 0. The minimum atomic E-state index is 0.298. The first kappa shape index (κ1) is 12.4. The first-order valence-corrected chi connectivity index (χ1v) is 6.62. The molecule has 2 rings (SSSR count). The molecule has 0 amide bonds. The van der Waals surface area contributed by atoms with Gasteiger partial charge in [-0.2, -0.15) is 0 Å². The van der Waals surface area contributed by atoms with Gasteiger partial charge in [-0.15, -0.1) is 0 Å². The lowest BCUT2D eigenvalue weighted by Gasteiger charge is -2.34. The van der Waals surface area contributed by atoms with E-state index in [9.17, 15) is 0 Å². The topological polar surface area (TPSA) is 6.48 Å². The molecule has 0 spiro atoms. The van der Waals surface area contributed by atoms with Crippen molar-refractivity contribution in [3.05, 3.63) is 30.3 Å². The van der Waals surface area contributed by atoms with E-state index in [2.05, 4.69) is 60.9 Å². The Morgan fingerprint density at radius 3 is 2.24 bits per heavy atom. The third-order valence-electron chi connectivity index (χ3n) is 3.57. The van der Waals surface area contributed by atoms with E-state index in [1.54, 1.807) is 0 Å². The summed E-state index contributed by atoms with van der Waals surface area (Å²) in [4.78, 5) is 5.10. The van der Waals surface area contributed by atoms with Gasteiger partial charge in [-0.1, -0.05) is 18.2 Å². The molecule has 2 nitrogen and oxygen atoms in total. The molecule has 0 N–H and O–H groups in total. The fraction of sp³-hybridized carbons (Fsp3) is 0.600. The Kier molecular flexibility index (Phi) is 3.72. The van der Waals surface area contributed by atoms with E-state index >= 15 is 0 Å². The van der Waals surface area contributed by atoms with Gasteiger partial charge in [0, 0.05) is 37.4 Å². The number of rotatable bonds is 1. The second-order valence-electron chi connectivity index (χ2n) is 5.83. The summed E-state index contributed by atoms with van der Waals surface area (Å²) in [7, 11) is 0. The Morgan fingerprint density at radius 1 is 0.882 bits per heavy atom. The van der Waals surface area contributed by atoms with Gasteiger partial charge in [0.15, 0.2) is 0 Å². The Hall–Kier alpha value is -1.02. The van der Waals surface area contributed by atoms with Crippen molar-refractivity contribution in [3.8, 4) is 0 Å². The van der Waals surface area contributed by atoms with Crippen molar-refractivity contribution in [2.45, 2.75) is 32.7 Å². The number of para-hydroxylation sites is 1. The zero-order valence-electron chi connectivity index (χ0n) is 11.3. The fourth-order valence-corrected chi connectivity index (χ4v) is 2.49. The first-order valence-electron chi connectivity index (χ1n) is 6.62. The molecule has 0 bridgehead atoms. The molecular weight excluding hydrogens is 208 g/mol. The molecule has 1 heterocycles. The van der Waals surface area contributed by atoms with Crippen LogP contribution in [0.3, 0.4) is 0 Å². The molecule has 0 saturated carbocycles. The van der Waals surface area contributed by atoms with Crippen molar-refractivity contribution < 1.29 is 0 Å². The van der Waals surface area contributed by atoms with Gasteiger partial charge in [-0.05, 0) is 39.3 Å². The van der Waals surface area contributed by atoms with Crippen LogP contribution in [-0.2, 0) is 0 Å². The minimum absolute atomic E-state index is 0.298. The standard InChI is InChI=1S/C15H24N2/c1-15(2,3)17-11-7-10-16(12-13-17)14-8-5-4-6-9-14/h4-6,8-9H,7,10-13H2,1-3H3. The van der Waals surface area contributed by atoms with E-state index in [0.717, 1.165) is 6.54 Å². The van der Waals surface area contributed by atoms with E-state index in [1.807, 2.05) is 0 Å². The maximum atomic E-state index is 2.59. The van der Waals surface area contributed by atoms with Crippen LogP contribution in [0, 0.1) is 0 Å². The second kappa shape index (κ2) is 5.09. The summed E-state index contributed by atoms with van der Waals surface area (Å²) in [5, 5.41) is 0. The molecule has 1 aromatic rings. The lowest BCUT2D eigenvalue weighted by atomic mass is 10.1. The Balaban J connectivity index is 2.01. The lowest BCUT2D eigenvalue weighted by Crippen LogP contribution is -2.43. The second-order valence-corrected chi connectivity index (χ2v) is 5.83. The Bertz CT molecular complexity index is 340. The van der Waals surface area contributed by atoms with Crippen LogP contribution in [0.5, 0.6) is 0 Å². The van der Waals surface area contributed by atoms with Crippen molar-refractivity contribution in [1.82, 2.24) is 4.90 Å². The number of anilines is 1. The highest BCUT2D eigenvalue weighted by molar-refractivity contribution is 5.46. The molecule has 94 valence electrons. The van der Waals surface area contributed by atoms with E-state index in [-0.39, 0.29) is 0 Å². The van der Waals surface area contributed by atoms with Gasteiger partial charge >= 0.3 is 0 Å². The van der Waals surface area contributed by atoms with Crippen LogP contribution in [-0.4, -0.2) is 36.6 Å². The van der Waals surface area contributed by atoms with E-state index in [4.69, 9.17) is 0 Å². The zero-order valence-corrected chi connectivity index (χ0v) is 11.3. The highest BCUT2D eigenvalue weighted by Crippen LogP contribution is 2.19. The highest BCUT2D eigenvalue weighted by Gasteiger charge is 2.23. The molecule has 0 aromatic heterocycles. The van der Waals surface area contributed by atoms with Crippen molar-refractivity contribution in [2.75, 3.05) is 31.1 Å². The quantitative estimate of drug-likeness (QED) is 0.734. The maximum Gasteiger partial charge on any atom is 0.0366 e. The summed E-state index contributed by atoms with van der Waals surface area (Å²) in [5.74, 6) is 0. The molecule has 2 heteroatoms. The molecule has 1 fully saturated rings. The van der Waals surface area contributed by atoms with Crippen LogP contribution in [0.4, 0.5) is 5.69 Å². The van der Waals surface area contributed by atoms with Crippen LogP contribution in [0.25, 0.3) is 0 Å². The van der Waals surface area contributed by atoms with Gasteiger partial charge in [0.25, 0.3) is 0 Å². The molecule has 17 heavy (non-hydrogen) atoms. The molecule has 1 saturated heterocycles. The van der Waals surface area contributed by atoms with Crippen LogP contribution in [0.2, 0.25) is 0 Å². The van der Waals surface area contributed by atoms with Crippen LogP contribution < -0.4 is 4.90 Å². The van der Waals surface area contributed by atoms with Gasteiger partial charge in [0.2, 0.25) is 0 Å². The van der Waals surface area contributed by atoms with Crippen molar-refractivity contribution in [3.63, 3.8) is 0 Å². The molecule has 0 unspecified atom stereocenters. The summed E-state index contributed by atoms with van der Waals surface area (Å²) in [5.41, 5.74) is 1.66. The predicted octanol–water partition coefficient (Wildman–Crippen LogP) is 3.00. The molecule has 0 radical (unpaired) electrons. The summed E-state index contributed by atoms with van der Waals surface area (Å²) < 4.78 is 0. The van der Waals surface area contributed by atoms with Gasteiger partial charge in [-0.25, -0.2) is 0 Å². The Morgan fingerprint density at radius 2 is 1.59 bits per heavy atom. The fourth-order valence-electron chi connectivity index (χ4n) is 2.49. The number of hydrogen-bond donors (Lipinski definition) is 0. The van der Waals surface area contributed by atoms with Crippen molar-refractivity contribution >= 4 is 5.69 Å². The number of hydrogen-bond acceptors (Lipinski definition) is 2. The number of benzene rings is 1. The molecule has 1 aromatic carbocycles. The third-order valence-corrected chi connectivity index (χ3v) is 3.57. The average molecular weight is 232 g/mol. The number of nitrogens with zero attached hydrogens (tertiary/aromatic N) is 2. The molecule has 1 aliphatic heterocycles. The van der Waals surface area contributed by atoms with Crippen molar-refractivity contribution in [2.24, 2.45) is 0 Å². The van der Waals surface area contributed by atoms with E-state index in [1.165, 1.54) is 31.7 Å². The predicted molar refractivity (Wildman–Crippen MR) is 74.6 cm³/mol. The van der Waals surface area contributed by atoms with Crippen molar-refractivity contribution in [1.29, 1.82) is 0 Å². The summed E-state index contributed by atoms with van der Waals surface area (Å²) in [6.45, 7) is 11.6. The summed E-state index contributed by atoms with van der Waals surface area (Å²) in [6.07, 6.45) is 1.26. The molecular formula is C15H24N2. The zero-order chi connectivity index (χ0) is 12.3. The summed E-state index contributed by atoms with van der Waals surface area (Å²) in [6, 6.07) is 10.8.